The van der Waals surface area contributed by atoms with Gasteiger partial charge in [0, 0.05) is 11.3 Å². The summed E-state index contributed by atoms with van der Waals surface area (Å²) in [4.78, 5) is 4.60. The van der Waals surface area contributed by atoms with E-state index in [4.69, 9.17) is 0 Å². The third-order valence-corrected chi connectivity index (χ3v) is 5.21. The van der Waals surface area contributed by atoms with Crippen molar-refractivity contribution in [2.75, 3.05) is 0 Å². The lowest BCUT2D eigenvalue weighted by Gasteiger charge is -2.19. The fourth-order valence-electron chi connectivity index (χ4n) is 2.59. The molecule has 1 heterocycles. The summed E-state index contributed by atoms with van der Waals surface area (Å²) < 4.78 is 0. The number of aromatic amines is 1. The smallest absolute Gasteiger partial charge is 0.209 e. The number of H-pyrrole nitrogens is 1. The molecule has 3 rings (SSSR count). The standard InChI is InChI=1S/C21H25N3S/c1-5-15-6-10-17(11-7-15)19-22-20(24-23-19)25-14-16-8-12-18(13-9-16)21(2,3)4/h6-13H,5,14H2,1-4H3,(H,22,23,24). The van der Waals surface area contributed by atoms with E-state index in [0.717, 1.165) is 28.7 Å². The van der Waals surface area contributed by atoms with Crippen molar-refractivity contribution >= 4 is 11.8 Å². The van der Waals surface area contributed by atoms with Gasteiger partial charge in [0.2, 0.25) is 5.16 Å². The van der Waals surface area contributed by atoms with E-state index in [2.05, 4.69) is 91.4 Å². The van der Waals surface area contributed by atoms with Gasteiger partial charge in [0.05, 0.1) is 0 Å². The fraction of sp³-hybridized carbons (Fsp3) is 0.333. The Morgan fingerprint density at radius 2 is 1.56 bits per heavy atom. The number of hydrogen-bond acceptors (Lipinski definition) is 3. The molecule has 0 saturated carbocycles. The molecule has 4 heteroatoms. The molecule has 0 unspecified atom stereocenters. The SMILES string of the molecule is CCc1ccc(-c2nc(SCc3ccc(C(C)(C)C)cc3)n[nH]2)cc1. The first-order valence-corrected chi connectivity index (χ1v) is 9.68. The van der Waals surface area contributed by atoms with Gasteiger partial charge in [-0.25, -0.2) is 4.98 Å². The average Bonchev–Trinajstić information content (AvgIpc) is 3.09. The Kier molecular flexibility index (Phi) is 5.28. The van der Waals surface area contributed by atoms with Crippen LogP contribution in [0.4, 0.5) is 0 Å². The molecular formula is C21H25N3S. The van der Waals surface area contributed by atoms with Crippen LogP contribution in [0.25, 0.3) is 11.4 Å². The minimum atomic E-state index is 0.192. The normalized spacial score (nSPS) is 11.7. The van der Waals surface area contributed by atoms with Crippen molar-refractivity contribution in [1.29, 1.82) is 0 Å². The monoisotopic (exact) mass is 351 g/mol. The predicted molar refractivity (Wildman–Crippen MR) is 106 cm³/mol. The van der Waals surface area contributed by atoms with Crippen LogP contribution in [0, 0.1) is 0 Å². The third-order valence-electron chi connectivity index (χ3n) is 4.29. The highest BCUT2D eigenvalue weighted by Gasteiger charge is 2.13. The molecule has 130 valence electrons. The zero-order valence-corrected chi connectivity index (χ0v) is 16.2. The van der Waals surface area contributed by atoms with Crippen molar-refractivity contribution in [3.8, 4) is 11.4 Å². The molecule has 1 aromatic heterocycles. The summed E-state index contributed by atoms with van der Waals surface area (Å²) in [6.45, 7) is 8.86. The molecule has 0 aliphatic heterocycles. The van der Waals surface area contributed by atoms with E-state index in [1.165, 1.54) is 16.7 Å². The summed E-state index contributed by atoms with van der Waals surface area (Å²) in [7, 11) is 0. The second-order valence-electron chi connectivity index (χ2n) is 7.25. The molecule has 1 N–H and O–H groups in total. The average molecular weight is 352 g/mol. The second-order valence-corrected chi connectivity index (χ2v) is 8.20. The van der Waals surface area contributed by atoms with E-state index in [1.807, 2.05) is 0 Å². The first kappa shape index (κ1) is 17.7. The molecule has 0 spiro atoms. The van der Waals surface area contributed by atoms with Crippen LogP contribution in [0.1, 0.15) is 44.4 Å². The van der Waals surface area contributed by atoms with Crippen LogP contribution in [0.5, 0.6) is 0 Å². The highest BCUT2D eigenvalue weighted by atomic mass is 32.2. The molecular weight excluding hydrogens is 326 g/mol. The molecule has 0 amide bonds. The Morgan fingerprint density at radius 1 is 0.920 bits per heavy atom. The van der Waals surface area contributed by atoms with Gasteiger partial charge in [-0.2, -0.15) is 0 Å². The quantitative estimate of drug-likeness (QED) is 0.606. The maximum atomic E-state index is 4.60. The van der Waals surface area contributed by atoms with Crippen LogP contribution in [-0.2, 0) is 17.6 Å². The van der Waals surface area contributed by atoms with Gasteiger partial charge in [-0.3, -0.25) is 5.10 Å². The second kappa shape index (κ2) is 7.44. The lowest BCUT2D eigenvalue weighted by molar-refractivity contribution is 0.590. The largest absolute Gasteiger partial charge is 0.258 e. The van der Waals surface area contributed by atoms with E-state index >= 15 is 0 Å². The molecule has 0 bridgehead atoms. The van der Waals surface area contributed by atoms with Crippen LogP contribution in [0.15, 0.2) is 53.7 Å². The number of nitrogens with zero attached hydrogens (tertiary/aromatic N) is 2. The van der Waals surface area contributed by atoms with Crippen LogP contribution in [-0.4, -0.2) is 15.2 Å². The molecule has 3 aromatic rings. The Labute approximate surface area is 154 Å². The van der Waals surface area contributed by atoms with E-state index in [9.17, 15) is 0 Å². The molecule has 25 heavy (non-hydrogen) atoms. The number of aromatic nitrogens is 3. The van der Waals surface area contributed by atoms with Gasteiger partial charge >= 0.3 is 0 Å². The zero-order chi connectivity index (χ0) is 17.9. The number of rotatable bonds is 5. The van der Waals surface area contributed by atoms with Crippen molar-refractivity contribution in [2.45, 2.75) is 50.4 Å². The van der Waals surface area contributed by atoms with Crippen molar-refractivity contribution in [3.05, 3.63) is 65.2 Å². The summed E-state index contributed by atoms with van der Waals surface area (Å²) in [6, 6.07) is 17.3. The topological polar surface area (TPSA) is 41.6 Å². The molecule has 3 nitrogen and oxygen atoms in total. The molecule has 2 aromatic carbocycles. The molecule has 0 fully saturated rings. The van der Waals surface area contributed by atoms with E-state index < -0.39 is 0 Å². The van der Waals surface area contributed by atoms with E-state index in [1.54, 1.807) is 11.8 Å². The summed E-state index contributed by atoms with van der Waals surface area (Å²) >= 11 is 1.66. The minimum absolute atomic E-state index is 0.192. The van der Waals surface area contributed by atoms with Crippen molar-refractivity contribution in [3.63, 3.8) is 0 Å². The van der Waals surface area contributed by atoms with Gasteiger partial charge in [-0.1, -0.05) is 88.0 Å². The molecule has 0 aliphatic carbocycles. The Bertz CT molecular complexity index is 812. The van der Waals surface area contributed by atoms with E-state index in [-0.39, 0.29) is 5.41 Å². The lowest BCUT2D eigenvalue weighted by Crippen LogP contribution is -2.10. The van der Waals surface area contributed by atoms with Crippen molar-refractivity contribution in [1.82, 2.24) is 15.2 Å². The Balaban J connectivity index is 1.63. The van der Waals surface area contributed by atoms with Crippen LogP contribution >= 0.6 is 11.8 Å². The van der Waals surface area contributed by atoms with Gasteiger partial charge in [0.1, 0.15) is 0 Å². The van der Waals surface area contributed by atoms with Crippen LogP contribution in [0.2, 0.25) is 0 Å². The maximum absolute atomic E-state index is 4.60. The number of aryl methyl sites for hydroxylation is 1. The number of hydrogen-bond donors (Lipinski definition) is 1. The molecule has 0 radical (unpaired) electrons. The first-order valence-electron chi connectivity index (χ1n) is 8.69. The van der Waals surface area contributed by atoms with E-state index in [0.29, 0.717) is 0 Å². The predicted octanol–water partition coefficient (Wildman–Crippen LogP) is 5.62. The summed E-state index contributed by atoms with van der Waals surface area (Å²) in [5, 5.41) is 8.16. The van der Waals surface area contributed by atoms with Crippen LogP contribution in [0.3, 0.4) is 0 Å². The molecule has 0 saturated heterocycles. The van der Waals surface area contributed by atoms with Gasteiger partial charge in [0.25, 0.3) is 0 Å². The fourth-order valence-corrected chi connectivity index (χ4v) is 3.34. The number of nitrogens with one attached hydrogen (secondary N) is 1. The summed E-state index contributed by atoms with van der Waals surface area (Å²) in [5.41, 5.74) is 5.24. The summed E-state index contributed by atoms with van der Waals surface area (Å²) in [6.07, 6.45) is 1.05. The Morgan fingerprint density at radius 3 is 2.16 bits per heavy atom. The van der Waals surface area contributed by atoms with Crippen LogP contribution < -0.4 is 0 Å². The zero-order valence-electron chi connectivity index (χ0n) is 15.3. The maximum Gasteiger partial charge on any atom is 0.209 e. The van der Waals surface area contributed by atoms with Gasteiger partial charge in [-0.05, 0) is 28.5 Å². The van der Waals surface area contributed by atoms with Crippen molar-refractivity contribution < 1.29 is 0 Å². The number of thioether (sulfide) groups is 1. The van der Waals surface area contributed by atoms with Gasteiger partial charge in [0.15, 0.2) is 5.82 Å². The lowest BCUT2D eigenvalue weighted by atomic mass is 9.87. The third kappa shape index (κ3) is 4.51. The first-order chi connectivity index (χ1) is 12.0. The van der Waals surface area contributed by atoms with Crippen molar-refractivity contribution in [2.24, 2.45) is 0 Å². The van der Waals surface area contributed by atoms with Gasteiger partial charge < -0.3 is 0 Å². The highest BCUT2D eigenvalue weighted by Crippen LogP contribution is 2.25. The molecule has 0 aliphatic rings. The Hall–Kier alpha value is -2.07. The summed E-state index contributed by atoms with van der Waals surface area (Å²) in [5.74, 6) is 1.70. The molecule has 0 atom stereocenters. The highest BCUT2D eigenvalue weighted by molar-refractivity contribution is 7.98. The minimum Gasteiger partial charge on any atom is -0.258 e. The van der Waals surface area contributed by atoms with Gasteiger partial charge in [-0.15, -0.1) is 5.10 Å². The number of benzene rings is 2.